The minimum Gasteiger partial charge on any atom is -0.503 e. The minimum absolute atomic E-state index is 0.00783. The molecule has 0 saturated heterocycles. The van der Waals surface area contributed by atoms with Crippen LogP contribution < -0.4 is 21.8 Å². The highest BCUT2D eigenvalue weighted by Gasteiger charge is 2.12. The van der Waals surface area contributed by atoms with Crippen LogP contribution in [-0.4, -0.2) is 38.0 Å². The molecule has 0 bridgehead atoms. The Labute approximate surface area is 136 Å². The van der Waals surface area contributed by atoms with Gasteiger partial charge in [0.2, 0.25) is 11.3 Å². The maximum Gasteiger partial charge on any atom is 0.268 e. The fraction of sp³-hybridized carbons (Fsp3) is 0.214. The third kappa shape index (κ3) is 4.06. The Kier molecular flexibility index (Phi) is 5.09. The number of anilines is 2. The molecule has 10 heteroatoms. The molecule has 0 spiro atoms. The quantitative estimate of drug-likeness (QED) is 0.560. The highest BCUT2D eigenvalue weighted by atomic mass is 16.3. The second-order valence-electron chi connectivity index (χ2n) is 4.89. The molecule has 0 aromatic carbocycles. The molecule has 2 aromatic rings. The van der Waals surface area contributed by atoms with Crippen molar-refractivity contribution in [3.63, 3.8) is 0 Å². The van der Waals surface area contributed by atoms with Crippen LogP contribution in [0.3, 0.4) is 0 Å². The first kappa shape index (κ1) is 16.9. The molecule has 2 aromatic heterocycles. The molecule has 10 nitrogen and oxygen atoms in total. The molecule has 126 valence electrons. The number of pyridine rings is 1. The molecular formula is C14H16N6O4. The molecule has 24 heavy (non-hydrogen) atoms. The summed E-state index contributed by atoms with van der Waals surface area (Å²) in [5, 5.41) is 14.3. The van der Waals surface area contributed by atoms with Crippen LogP contribution in [0.1, 0.15) is 16.9 Å². The summed E-state index contributed by atoms with van der Waals surface area (Å²) in [6, 6.07) is 1.02. The summed E-state index contributed by atoms with van der Waals surface area (Å²) in [6.45, 7) is 0.0489. The van der Waals surface area contributed by atoms with Crippen LogP contribution in [0.15, 0.2) is 29.6 Å². The van der Waals surface area contributed by atoms with Gasteiger partial charge in [-0.2, -0.15) is 0 Å². The number of rotatable bonds is 5. The van der Waals surface area contributed by atoms with Crippen molar-refractivity contribution >= 4 is 23.3 Å². The first-order chi connectivity index (χ1) is 11.4. The molecular weight excluding hydrogens is 316 g/mol. The predicted molar refractivity (Wildman–Crippen MR) is 85.4 cm³/mol. The van der Waals surface area contributed by atoms with Crippen molar-refractivity contribution in [1.29, 1.82) is 0 Å². The van der Waals surface area contributed by atoms with E-state index in [1.165, 1.54) is 24.1 Å². The molecule has 0 saturated carbocycles. The molecule has 0 radical (unpaired) electrons. The van der Waals surface area contributed by atoms with Crippen LogP contribution in [0.25, 0.3) is 0 Å². The number of aromatic hydroxyl groups is 1. The van der Waals surface area contributed by atoms with Crippen LogP contribution in [0.4, 0.5) is 11.5 Å². The monoisotopic (exact) mass is 332 g/mol. The van der Waals surface area contributed by atoms with Crippen molar-refractivity contribution in [2.75, 3.05) is 17.6 Å². The van der Waals surface area contributed by atoms with Crippen molar-refractivity contribution in [2.45, 2.75) is 6.42 Å². The van der Waals surface area contributed by atoms with Crippen molar-refractivity contribution < 1.29 is 14.7 Å². The lowest BCUT2D eigenvalue weighted by Crippen LogP contribution is -2.30. The van der Waals surface area contributed by atoms with Gasteiger partial charge in [0.05, 0.1) is 12.4 Å². The van der Waals surface area contributed by atoms with Gasteiger partial charge in [-0.15, -0.1) is 0 Å². The van der Waals surface area contributed by atoms with Crippen molar-refractivity contribution in [1.82, 2.24) is 19.9 Å². The largest absolute Gasteiger partial charge is 0.503 e. The standard InChI is InChI=1S/C14H16N6O4/c1-20-6-11(22)10(21)4-9(20)14(24)17-3-2-12(23)19-8-5-16-7-18-13(8)15/h4-7,22H,2-3H2,1H3,(H,17,24)(H,19,23)(H2,15,16,18). The zero-order chi connectivity index (χ0) is 17.7. The van der Waals surface area contributed by atoms with E-state index in [2.05, 4.69) is 20.6 Å². The van der Waals surface area contributed by atoms with E-state index >= 15 is 0 Å². The molecule has 0 fully saturated rings. The van der Waals surface area contributed by atoms with E-state index < -0.39 is 17.1 Å². The Morgan fingerprint density at radius 3 is 2.88 bits per heavy atom. The maximum atomic E-state index is 12.0. The number of hydrogen-bond acceptors (Lipinski definition) is 7. The molecule has 0 aliphatic rings. The number of nitrogens with one attached hydrogen (secondary N) is 2. The average molecular weight is 332 g/mol. The van der Waals surface area contributed by atoms with Crippen molar-refractivity contribution in [3.05, 3.63) is 40.7 Å². The van der Waals surface area contributed by atoms with Gasteiger partial charge in [-0.05, 0) is 0 Å². The maximum absolute atomic E-state index is 12.0. The third-order valence-corrected chi connectivity index (χ3v) is 3.10. The summed E-state index contributed by atoms with van der Waals surface area (Å²) in [6.07, 6.45) is 3.76. The number of amides is 2. The minimum atomic E-state index is -0.657. The normalized spacial score (nSPS) is 10.2. The second-order valence-corrected chi connectivity index (χ2v) is 4.89. The zero-order valence-electron chi connectivity index (χ0n) is 12.8. The SMILES string of the molecule is Cn1cc(O)c(=O)cc1C(=O)NCCC(=O)Nc1cncnc1N. The van der Waals surface area contributed by atoms with Gasteiger partial charge in [0.25, 0.3) is 5.91 Å². The lowest BCUT2D eigenvalue weighted by atomic mass is 10.3. The number of carbonyl (C=O) groups excluding carboxylic acids is 2. The van der Waals surface area contributed by atoms with E-state index in [4.69, 9.17) is 5.73 Å². The van der Waals surface area contributed by atoms with E-state index in [1.807, 2.05) is 0 Å². The summed E-state index contributed by atoms with van der Waals surface area (Å²) in [5.41, 5.74) is 5.27. The van der Waals surface area contributed by atoms with Crippen LogP contribution in [0, 0.1) is 0 Å². The van der Waals surface area contributed by atoms with Gasteiger partial charge in [-0.25, -0.2) is 9.97 Å². The molecule has 0 unspecified atom stereocenters. The number of nitrogens with two attached hydrogens (primary N) is 1. The van der Waals surface area contributed by atoms with Gasteiger partial charge in [0, 0.05) is 26.1 Å². The topological polar surface area (TPSA) is 152 Å². The lowest BCUT2D eigenvalue weighted by molar-refractivity contribution is -0.116. The number of carbonyl (C=O) groups is 2. The van der Waals surface area contributed by atoms with E-state index in [0.717, 1.165) is 12.3 Å². The molecule has 5 N–H and O–H groups in total. The summed E-state index contributed by atoms with van der Waals surface area (Å²) in [7, 11) is 1.51. The molecule has 0 atom stereocenters. The number of nitrogens with zero attached hydrogens (tertiary/aromatic N) is 3. The van der Waals surface area contributed by atoms with E-state index in [-0.39, 0.29) is 36.1 Å². The molecule has 2 rings (SSSR count). The van der Waals surface area contributed by atoms with Gasteiger partial charge < -0.3 is 26.0 Å². The number of nitrogen functional groups attached to an aromatic ring is 1. The van der Waals surface area contributed by atoms with Gasteiger partial charge in [0.15, 0.2) is 11.6 Å². The van der Waals surface area contributed by atoms with E-state index in [0.29, 0.717) is 0 Å². The second kappa shape index (κ2) is 7.22. The van der Waals surface area contributed by atoms with Crippen LogP contribution in [0.5, 0.6) is 5.75 Å². The average Bonchev–Trinajstić information content (AvgIpc) is 2.53. The zero-order valence-corrected chi connectivity index (χ0v) is 12.8. The summed E-state index contributed by atoms with van der Waals surface area (Å²) < 4.78 is 1.31. The first-order valence-electron chi connectivity index (χ1n) is 6.91. The molecule has 2 heterocycles. The van der Waals surface area contributed by atoms with Crippen LogP contribution >= 0.6 is 0 Å². The highest BCUT2D eigenvalue weighted by Crippen LogP contribution is 2.11. The van der Waals surface area contributed by atoms with Gasteiger partial charge in [0.1, 0.15) is 17.7 Å². The Balaban J connectivity index is 1.89. The fourth-order valence-corrected chi connectivity index (χ4v) is 1.87. The Bertz CT molecular complexity index is 832. The summed E-state index contributed by atoms with van der Waals surface area (Å²) >= 11 is 0. The number of aryl methyl sites for hydroxylation is 1. The van der Waals surface area contributed by atoms with Crippen molar-refractivity contribution in [3.8, 4) is 5.75 Å². The third-order valence-electron chi connectivity index (χ3n) is 3.10. The molecule has 2 amide bonds. The van der Waals surface area contributed by atoms with Gasteiger partial charge >= 0.3 is 0 Å². The Hall–Kier alpha value is -3.43. The first-order valence-corrected chi connectivity index (χ1v) is 6.91. The molecule has 0 aliphatic heterocycles. The summed E-state index contributed by atoms with van der Waals surface area (Å²) in [5.74, 6) is -1.22. The van der Waals surface area contributed by atoms with Crippen LogP contribution in [-0.2, 0) is 11.8 Å². The van der Waals surface area contributed by atoms with Crippen molar-refractivity contribution in [2.24, 2.45) is 7.05 Å². The number of hydrogen-bond donors (Lipinski definition) is 4. The lowest BCUT2D eigenvalue weighted by Gasteiger charge is -2.10. The summed E-state index contributed by atoms with van der Waals surface area (Å²) in [4.78, 5) is 42.6. The van der Waals surface area contributed by atoms with Gasteiger partial charge in [-0.1, -0.05) is 0 Å². The predicted octanol–water partition coefficient (Wildman–Crippen LogP) is -0.778. The Morgan fingerprint density at radius 1 is 1.42 bits per heavy atom. The highest BCUT2D eigenvalue weighted by molar-refractivity contribution is 5.95. The molecule has 0 aliphatic carbocycles. The van der Waals surface area contributed by atoms with Crippen LogP contribution in [0.2, 0.25) is 0 Å². The fourth-order valence-electron chi connectivity index (χ4n) is 1.87. The van der Waals surface area contributed by atoms with E-state index in [1.54, 1.807) is 0 Å². The smallest absolute Gasteiger partial charge is 0.268 e. The Morgan fingerprint density at radius 2 is 2.17 bits per heavy atom. The number of aromatic nitrogens is 3. The van der Waals surface area contributed by atoms with E-state index in [9.17, 15) is 19.5 Å². The van der Waals surface area contributed by atoms with Gasteiger partial charge in [-0.3, -0.25) is 14.4 Å².